The highest BCUT2D eigenvalue weighted by Gasteiger charge is 2.70. The molecule has 0 radical (unpaired) electrons. The number of hydrogen-bond acceptors (Lipinski definition) is 3. The number of benzene rings is 1. The monoisotopic (exact) mass is 349 g/mol. The number of carbonyl (C=O) groups is 2. The number of hydrogen-bond donors (Lipinski definition) is 1. The first kappa shape index (κ1) is 16.0. The Morgan fingerprint density at radius 2 is 2.04 bits per heavy atom. The molecule has 4 heteroatoms. The average Bonchev–Trinajstić information content (AvgIpc) is 3.01. The molecule has 3 atom stereocenters. The van der Waals surface area contributed by atoms with Crippen molar-refractivity contribution in [1.82, 2.24) is 4.57 Å². The largest absolute Gasteiger partial charge is 0.384 e. The number of fused-ring (bicyclic) bond motifs is 1. The summed E-state index contributed by atoms with van der Waals surface area (Å²) >= 11 is 0. The Kier molecular flexibility index (Phi) is 2.69. The van der Waals surface area contributed by atoms with Gasteiger partial charge >= 0.3 is 0 Å². The summed E-state index contributed by atoms with van der Waals surface area (Å²) < 4.78 is 2.07. The molecule has 0 saturated heterocycles. The highest BCUT2D eigenvalue weighted by molar-refractivity contribution is 6.15. The van der Waals surface area contributed by atoms with Crippen LogP contribution in [-0.2, 0) is 33.9 Å². The van der Waals surface area contributed by atoms with Crippen LogP contribution in [0.5, 0.6) is 0 Å². The summed E-state index contributed by atoms with van der Waals surface area (Å²) in [5, 5.41) is 12.8. The number of aryl methyl sites for hydroxylation is 1. The maximum Gasteiger partial charge on any atom is 0.157 e. The Balaban J connectivity index is 2.11. The fourth-order valence-corrected chi connectivity index (χ4v) is 5.88. The number of carbonyl (C=O) groups excluding carboxylic acids is 2. The summed E-state index contributed by atoms with van der Waals surface area (Å²) in [5.74, 6) is -0.521. The van der Waals surface area contributed by atoms with Crippen LogP contribution in [0.3, 0.4) is 0 Å². The van der Waals surface area contributed by atoms with Crippen molar-refractivity contribution in [2.24, 2.45) is 13.0 Å². The van der Waals surface area contributed by atoms with Crippen molar-refractivity contribution in [1.29, 1.82) is 0 Å². The van der Waals surface area contributed by atoms with Crippen LogP contribution in [0, 0.1) is 5.92 Å². The van der Waals surface area contributed by atoms with Crippen LogP contribution in [-0.4, -0.2) is 27.3 Å². The summed E-state index contributed by atoms with van der Waals surface area (Å²) in [6.45, 7) is 6.01. The normalized spacial score (nSPS) is 34.0. The second-order valence-electron chi connectivity index (χ2n) is 8.87. The number of aldehydes is 1. The van der Waals surface area contributed by atoms with Gasteiger partial charge in [-0.15, -0.1) is 0 Å². The quantitative estimate of drug-likeness (QED) is 0.489. The lowest BCUT2D eigenvalue weighted by atomic mass is 9.65. The molecule has 3 aliphatic rings. The molecular weight excluding hydrogens is 326 g/mol. The topological polar surface area (TPSA) is 59.3 Å². The van der Waals surface area contributed by atoms with Crippen molar-refractivity contribution in [2.45, 2.75) is 50.0 Å². The number of aliphatic hydroxyl groups is 1. The fourth-order valence-electron chi connectivity index (χ4n) is 5.88. The van der Waals surface area contributed by atoms with Crippen molar-refractivity contribution in [3.05, 3.63) is 46.7 Å². The Labute approximate surface area is 152 Å². The van der Waals surface area contributed by atoms with Crippen LogP contribution in [0.25, 0.3) is 10.9 Å². The van der Waals surface area contributed by atoms with Gasteiger partial charge in [-0.25, -0.2) is 0 Å². The Morgan fingerprint density at radius 1 is 1.31 bits per heavy atom. The molecule has 0 spiro atoms. The number of nitrogens with zero attached hydrogens (tertiary/aromatic N) is 1. The van der Waals surface area contributed by atoms with Crippen LogP contribution in [0.1, 0.15) is 43.9 Å². The smallest absolute Gasteiger partial charge is 0.157 e. The van der Waals surface area contributed by atoms with Gasteiger partial charge in [0.25, 0.3) is 0 Å². The third-order valence-corrected chi connectivity index (χ3v) is 7.52. The number of allylic oxidation sites excluding steroid dienone is 1. The standard InChI is InChI=1S/C22H23NO3/c1-12-5-6-13-7-8-16-17-15(10-23(16)4)20(2,3)14-9-22(12,26)21(11-24,18(13)17)19(14)25/h5,7-8,10-11,14,26H,6,9H2,1-4H3/t14-,21-,22+/m1/s1. The van der Waals surface area contributed by atoms with Crippen molar-refractivity contribution < 1.29 is 14.7 Å². The molecule has 1 N–H and O–H groups in total. The third-order valence-electron chi connectivity index (χ3n) is 7.52. The van der Waals surface area contributed by atoms with Crippen molar-refractivity contribution in [2.75, 3.05) is 0 Å². The molecule has 0 unspecified atom stereocenters. The molecule has 0 amide bonds. The van der Waals surface area contributed by atoms with E-state index in [1.165, 1.54) is 0 Å². The molecule has 1 aromatic heterocycles. The van der Waals surface area contributed by atoms with Crippen molar-refractivity contribution in [3.63, 3.8) is 0 Å². The molecule has 1 heterocycles. The van der Waals surface area contributed by atoms with E-state index in [0.717, 1.165) is 39.5 Å². The van der Waals surface area contributed by atoms with Gasteiger partial charge in [-0.3, -0.25) is 4.79 Å². The minimum Gasteiger partial charge on any atom is -0.384 e. The highest BCUT2D eigenvalue weighted by atomic mass is 16.3. The first-order valence-electron chi connectivity index (χ1n) is 9.22. The molecule has 1 fully saturated rings. The SMILES string of the molecule is CC1=CCc2ccc3c4c(cn3C)C(C)(C)[C@@H]3C[C@@]1(O)[C@@](C=O)(C3=O)c24. The van der Waals surface area contributed by atoms with E-state index in [1.54, 1.807) is 0 Å². The van der Waals surface area contributed by atoms with Gasteiger partial charge < -0.3 is 14.5 Å². The van der Waals surface area contributed by atoms with E-state index in [2.05, 4.69) is 30.7 Å². The molecule has 0 aliphatic heterocycles. The Hall–Kier alpha value is -2.20. The summed E-state index contributed by atoms with van der Waals surface area (Å²) in [4.78, 5) is 26.4. The molecule has 4 nitrogen and oxygen atoms in total. The van der Waals surface area contributed by atoms with E-state index in [-0.39, 0.29) is 5.78 Å². The molecule has 5 rings (SSSR count). The van der Waals surface area contributed by atoms with E-state index in [1.807, 2.05) is 26.1 Å². The van der Waals surface area contributed by atoms with Gasteiger partial charge in [-0.05, 0) is 48.1 Å². The number of aromatic nitrogens is 1. The highest BCUT2D eigenvalue weighted by Crippen LogP contribution is 2.61. The van der Waals surface area contributed by atoms with Crippen LogP contribution in [0.15, 0.2) is 30.0 Å². The van der Waals surface area contributed by atoms with E-state index >= 15 is 0 Å². The summed E-state index contributed by atoms with van der Waals surface area (Å²) in [6, 6.07) is 4.09. The second-order valence-corrected chi connectivity index (χ2v) is 8.87. The van der Waals surface area contributed by atoms with Gasteiger partial charge in [-0.1, -0.05) is 26.0 Å². The Morgan fingerprint density at radius 3 is 2.73 bits per heavy atom. The number of Topliss-reactive ketones (excluding diaryl/α,β-unsaturated/α-hetero) is 1. The Bertz CT molecular complexity index is 1060. The summed E-state index contributed by atoms with van der Waals surface area (Å²) in [7, 11) is 2.00. The zero-order valence-corrected chi connectivity index (χ0v) is 15.6. The molecule has 134 valence electrons. The minimum absolute atomic E-state index is 0.123. The van der Waals surface area contributed by atoms with Crippen LogP contribution >= 0.6 is 0 Å². The van der Waals surface area contributed by atoms with E-state index in [4.69, 9.17) is 0 Å². The molecule has 3 aliphatic carbocycles. The number of rotatable bonds is 1. The molecule has 1 saturated carbocycles. The maximum absolute atomic E-state index is 13.7. The average molecular weight is 349 g/mol. The van der Waals surface area contributed by atoms with Gasteiger partial charge in [0.15, 0.2) is 5.78 Å². The fraction of sp³-hybridized carbons (Fsp3) is 0.455. The zero-order chi connectivity index (χ0) is 18.6. The van der Waals surface area contributed by atoms with Gasteiger partial charge in [-0.2, -0.15) is 0 Å². The van der Waals surface area contributed by atoms with E-state index in [0.29, 0.717) is 12.8 Å². The van der Waals surface area contributed by atoms with Gasteiger partial charge in [0.1, 0.15) is 17.3 Å². The van der Waals surface area contributed by atoms with E-state index < -0.39 is 22.3 Å². The summed E-state index contributed by atoms with van der Waals surface area (Å²) in [5.41, 5.74) is 1.16. The summed E-state index contributed by atoms with van der Waals surface area (Å²) in [6.07, 6.45) is 5.76. The van der Waals surface area contributed by atoms with Gasteiger partial charge in [0, 0.05) is 35.5 Å². The molecule has 2 bridgehead atoms. The molecule has 26 heavy (non-hydrogen) atoms. The van der Waals surface area contributed by atoms with Crippen LogP contribution in [0.2, 0.25) is 0 Å². The van der Waals surface area contributed by atoms with Crippen LogP contribution in [0.4, 0.5) is 0 Å². The maximum atomic E-state index is 13.7. The van der Waals surface area contributed by atoms with Gasteiger partial charge in [0.2, 0.25) is 0 Å². The third kappa shape index (κ3) is 1.38. The minimum atomic E-state index is -1.51. The van der Waals surface area contributed by atoms with Crippen molar-refractivity contribution >= 4 is 23.0 Å². The molecular formula is C22H23NO3. The second kappa shape index (κ2) is 4.37. The predicted octanol–water partition coefficient (Wildman–Crippen LogP) is 2.73. The first-order valence-corrected chi connectivity index (χ1v) is 9.22. The molecule has 1 aromatic carbocycles. The van der Waals surface area contributed by atoms with E-state index in [9.17, 15) is 14.7 Å². The zero-order valence-electron chi connectivity index (χ0n) is 15.6. The van der Waals surface area contributed by atoms with Crippen molar-refractivity contribution in [3.8, 4) is 0 Å². The lowest BCUT2D eigenvalue weighted by molar-refractivity contribution is -0.135. The van der Waals surface area contributed by atoms with Crippen LogP contribution < -0.4 is 0 Å². The lowest BCUT2D eigenvalue weighted by Gasteiger charge is -2.39. The lowest BCUT2D eigenvalue weighted by Crippen LogP contribution is -2.53. The first-order chi connectivity index (χ1) is 12.2. The van der Waals surface area contributed by atoms with Gasteiger partial charge in [0.05, 0.1) is 0 Å². The molecule has 2 aromatic rings. The number of ketones is 1. The predicted molar refractivity (Wildman–Crippen MR) is 99.2 cm³/mol.